The summed E-state index contributed by atoms with van der Waals surface area (Å²) in [6, 6.07) is 6.35. The van der Waals surface area contributed by atoms with Crippen LogP contribution < -0.4 is 14.8 Å². The average Bonchev–Trinajstić information content (AvgIpc) is 2.53. The Hall–Kier alpha value is -1.26. The first-order valence-electron chi connectivity index (χ1n) is 8.15. The molecule has 1 saturated heterocycles. The van der Waals surface area contributed by atoms with Gasteiger partial charge in [-0.15, -0.1) is 0 Å². The highest BCUT2D eigenvalue weighted by Crippen LogP contribution is 2.29. The maximum absolute atomic E-state index is 5.86. The molecule has 0 unspecified atom stereocenters. The van der Waals surface area contributed by atoms with E-state index in [1.807, 2.05) is 0 Å². The molecular weight excluding hydrogens is 264 g/mol. The van der Waals surface area contributed by atoms with E-state index in [-0.39, 0.29) is 0 Å². The number of rotatable bonds is 8. The third kappa shape index (κ3) is 5.21. The van der Waals surface area contributed by atoms with E-state index in [1.54, 1.807) is 0 Å². The van der Waals surface area contributed by atoms with Crippen molar-refractivity contribution < 1.29 is 9.47 Å². The Morgan fingerprint density at radius 1 is 1.00 bits per heavy atom. The SMILES string of the molecule is CCCOc1ccc(CN2CCNCC2)cc1OCCC. The molecule has 1 N–H and O–H groups in total. The number of benzene rings is 1. The Labute approximate surface area is 128 Å². The molecule has 0 bridgehead atoms. The standard InChI is InChI=1S/C17H28N2O2/c1-3-11-20-16-6-5-15(13-17(16)21-12-4-2)14-19-9-7-18-8-10-19/h5-6,13,18H,3-4,7-12,14H2,1-2H3. The van der Waals surface area contributed by atoms with Gasteiger partial charge in [0.15, 0.2) is 11.5 Å². The van der Waals surface area contributed by atoms with E-state index in [4.69, 9.17) is 9.47 Å². The summed E-state index contributed by atoms with van der Waals surface area (Å²) in [6.45, 7) is 11.1. The number of piperazine rings is 1. The summed E-state index contributed by atoms with van der Waals surface area (Å²) in [5.74, 6) is 1.76. The van der Waals surface area contributed by atoms with Gasteiger partial charge in [-0.3, -0.25) is 4.90 Å². The maximum Gasteiger partial charge on any atom is 0.161 e. The van der Waals surface area contributed by atoms with Crippen LogP contribution in [0.5, 0.6) is 11.5 Å². The zero-order chi connectivity index (χ0) is 14.9. The van der Waals surface area contributed by atoms with Crippen molar-refractivity contribution in [2.75, 3.05) is 39.4 Å². The van der Waals surface area contributed by atoms with Crippen LogP contribution in [-0.4, -0.2) is 44.3 Å². The minimum absolute atomic E-state index is 0.736. The van der Waals surface area contributed by atoms with Crippen molar-refractivity contribution in [3.8, 4) is 11.5 Å². The van der Waals surface area contributed by atoms with E-state index >= 15 is 0 Å². The molecule has 2 rings (SSSR count). The normalized spacial score (nSPS) is 15.9. The fourth-order valence-electron chi connectivity index (χ4n) is 2.43. The summed E-state index contributed by atoms with van der Waals surface area (Å²) in [5.41, 5.74) is 1.30. The summed E-state index contributed by atoms with van der Waals surface area (Å²) in [6.07, 6.45) is 2.02. The predicted octanol–water partition coefficient (Wildman–Crippen LogP) is 2.67. The lowest BCUT2D eigenvalue weighted by Gasteiger charge is -2.27. The van der Waals surface area contributed by atoms with E-state index in [2.05, 4.69) is 42.3 Å². The van der Waals surface area contributed by atoms with Gasteiger partial charge in [0.25, 0.3) is 0 Å². The number of nitrogens with zero attached hydrogens (tertiary/aromatic N) is 1. The Bertz CT molecular complexity index is 417. The lowest BCUT2D eigenvalue weighted by molar-refractivity contribution is 0.232. The third-order valence-corrected chi connectivity index (χ3v) is 3.55. The van der Waals surface area contributed by atoms with E-state index in [0.29, 0.717) is 0 Å². The second-order valence-electron chi connectivity index (χ2n) is 5.50. The van der Waals surface area contributed by atoms with E-state index in [9.17, 15) is 0 Å². The molecule has 4 nitrogen and oxygen atoms in total. The molecule has 0 amide bonds. The van der Waals surface area contributed by atoms with Crippen LogP contribution in [0.1, 0.15) is 32.3 Å². The number of hydrogen-bond donors (Lipinski definition) is 1. The van der Waals surface area contributed by atoms with Crippen LogP contribution in [0.25, 0.3) is 0 Å². The molecule has 0 saturated carbocycles. The van der Waals surface area contributed by atoms with Gasteiger partial charge in [-0.2, -0.15) is 0 Å². The minimum atomic E-state index is 0.736. The Morgan fingerprint density at radius 2 is 1.67 bits per heavy atom. The molecule has 0 spiro atoms. The fourth-order valence-corrected chi connectivity index (χ4v) is 2.43. The van der Waals surface area contributed by atoms with Crippen LogP contribution in [-0.2, 0) is 6.54 Å². The lowest BCUT2D eigenvalue weighted by Crippen LogP contribution is -2.42. The van der Waals surface area contributed by atoms with Crippen molar-refractivity contribution in [3.63, 3.8) is 0 Å². The molecule has 1 heterocycles. The molecule has 118 valence electrons. The van der Waals surface area contributed by atoms with Crippen LogP contribution in [0.4, 0.5) is 0 Å². The van der Waals surface area contributed by atoms with Gasteiger partial charge in [0.05, 0.1) is 13.2 Å². The fraction of sp³-hybridized carbons (Fsp3) is 0.647. The summed E-state index contributed by atoms with van der Waals surface area (Å²) < 4.78 is 11.6. The Kier molecular flexibility index (Phi) is 6.83. The van der Waals surface area contributed by atoms with Crippen LogP contribution in [0.15, 0.2) is 18.2 Å². The molecule has 0 aromatic heterocycles. The van der Waals surface area contributed by atoms with E-state index in [0.717, 1.165) is 70.3 Å². The van der Waals surface area contributed by atoms with E-state index < -0.39 is 0 Å². The molecular formula is C17H28N2O2. The van der Waals surface area contributed by atoms with Crippen molar-refractivity contribution in [3.05, 3.63) is 23.8 Å². The molecule has 0 radical (unpaired) electrons. The van der Waals surface area contributed by atoms with Gasteiger partial charge >= 0.3 is 0 Å². The van der Waals surface area contributed by atoms with Gasteiger partial charge in [0, 0.05) is 32.7 Å². The summed E-state index contributed by atoms with van der Waals surface area (Å²) in [4.78, 5) is 2.47. The largest absolute Gasteiger partial charge is 0.490 e. The van der Waals surface area contributed by atoms with Gasteiger partial charge in [0.2, 0.25) is 0 Å². The highest BCUT2D eigenvalue weighted by molar-refractivity contribution is 5.43. The van der Waals surface area contributed by atoms with Crippen LogP contribution in [0, 0.1) is 0 Å². The van der Waals surface area contributed by atoms with Crippen LogP contribution >= 0.6 is 0 Å². The van der Waals surface area contributed by atoms with Crippen molar-refractivity contribution in [1.29, 1.82) is 0 Å². The zero-order valence-corrected chi connectivity index (χ0v) is 13.4. The first kappa shape index (κ1) is 16.1. The Balaban J connectivity index is 2.03. The second kappa shape index (κ2) is 8.90. The number of hydrogen-bond acceptors (Lipinski definition) is 4. The average molecular weight is 292 g/mol. The number of ether oxygens (including phenoxy) is 2. The quantitative estimate of drug-likeness (QED) is 0.799. The third-order valence-electron chi connectivity index (χ3n) is 3.55. The van der Waals surface area contributed by atoms with Crippen molar-refractivity contribution in [2.45, 2.75) is 33.2 Å². The molecule has 1 aromatic carbocycles. The molecule has 0 atom stereocenters. The topological polar surface area (TPSA) is 33.7 Å². The summed E-state index contributed by atoms with van der Waals surface area (Å²) in [5, 5.41) is 3.39. The molecule has 1 aromatic rings. The smallest absolute Gasteiger partial charge is 0.161 e. The highest BCUT2D eigenvalue weighted by Gasteiger charge is 2.12. The minimum Gasteiger partial charge on any atom is -0.490 e. The van der Waals surface area contributed by atoms with Crippen molar-refractivity contribution in [2.24, 2.45) is 0 Å². The van der Waals surface area contributed by atoms with Gasteiger partial charge in [0.1, 0.15) is 0 Å². The predicted molar refractivity (Wildman–Crippen MR) is 86.2 cm³/mol. The van der Waals surface area contributed by atoms with Gasteiger partial charge in [-0.1, -0.05) is 19.9 Å². The first-order valence-corrected chi connectivity index (χ1v) is 8.15. The van der Waals surface area contributed by atoms with Crippen LogP contribution in [0.3, 0.4) is 0 Å². The lowest BCUT2D eigenvalue weighted by atomic mass is 10.1. The summed E-state index contributed by atoms with van der Waals surface area (Å²) >= 11 is 0. The van der Waals surface area contributed by atoms with Gasteiger partial charge < -0.3 is 14.8 Å². The molecule has 1 aliphatic rings. The first-order chi connectivity index (χ1) is 10.3. The molecule has 4 heteroatoms. The van der Waals surface area contributed by atoms with E-state index in [1.165, 1.54) is 5.56 Å². The van der Waals surface area contributed by atoms with Gasteiger partial charge in [-0.05, 0) is 30.5 Å². The zero-order valence-electron chi connectivity index (χ0n) is 13.4. The van der Waals surface area contributed by atoms with Crippen molar-refractivity contribution in [1.82, 2.24) is 10.2 Å². The van der Waals surface area contributed by atoms with Crippen LogP contribution in [0.2, 0.25) is 0 Å². The molecule has 0 aliphatic carbocycles. The molecule has 21 heavy (non-hydrogen) atoms. The van der Waals surface area contributed by atoms with Crippen molar-refractivity contribution >= 4 is 0 Å². The summed E-state index contributed by atoms with van der Waals surface area (Å²) in [7, 11) is 0. The number of nitrogens with one attached hydrogen (secondary N) is 1. The second-order valence-corrected chi connectivity index (χ2v) is 5.50. The maximum atomic E-state index is 5.86. The molecule has 1 aliphatic heterocycles. The highest BCUT2D eigenvalue weighted by atomic mass is 16.5. The van der Waals surface area contributed by atoms with Gasteiger partial charge in [-0.25, -0.2) is 0 Å². The monoisotopic (exact) mass is 292 g/mol. The Morgan fingerprint density at radius 3 is 2.33 bits per heavy atom. The molecule has 1 fully saturated rings.